The van der Waals surface area contributed by atoms with E-state index in [4.69, 9.17) is 10.6 Å². The zero-order valence-electron chi connectivity index (χ0n) is 11.4. The van der Waals surface area contributed by atoms with Crippen molar-refractivity contribution in [1.29, 1.82) is 0 Å². The summed E-state index contributed by atoms with van der Waals surface area (Å²) in [5.74, 6) is 5.62. The van der Waals surface area contributed by atoms with Crippen molar-refractivity contribution in [2.45, 2.75) is 13.8 Å². The third-order valence-electron chi connectivity index (χ3n) is 2.68. The maximum absolute atomic E-state index is 11.5. The highest BCUT2D eigenvalue weighted by molar-refractivity contribution is 5.81. The van der Waals surface area contributed by atoms with Crippen LogP contribution >= 0.6 is 0 Å². The van der Waals surface area contributed by atoms with Gasteiger partial charge < -0.3 is 9.64 Å². The molecule has 0 aliphatic heterocycles. The number of benzene rings is 1. The Hall–Kier alpha value is -1.75. The third kappa shape index (κ3) is 3.63. The van der Waals surface area contributed by atoms with E-state index in [1.807, 2.05) is 43.3 Å². The number of carbonyl (C=O) groups excluding carboxylic acids is 1. The van der Waals surface area contributed by atoms with Gasteiger partial charge in [0.05, 0.1) is 5.41 Å². The minimum Gasteiger partial charge on any atom is -0.492 e. The molecule has 5 nitrogen and oxygen atoms in total. The van der Waals surface area contributed by atoms with Crippen LogP contribution in [0.1, 0.15) is 13.8 Å². The van der Waals surface area contributed by atoms with Crippen molar-refractivity contribution in [3.63, 3.8) is 0 Å². The van der Waals surface area contributed by atoms with Crippen LogP contribution < -0.4 is 20.9 Å². The Morgan fingerprint density at radius 3 is 2.67 bits per heavy atom. The first kappa shape index (κ1) is 14.3. The van der Waals surface area contributed by atoms with E-state index in [-0.39, 0.29) is 12.5 Å². The number of hydrazine groups is 1. The Kier molecular flexibility index (Phi) is 4.55. The van der Waals surface area contributed by atoms with Crippen molar-refractivity contribution in [2.24, 2.45) is 11.3 Å². The third-order valence-corrected chi connectivity index (χ3v) is 2.68. The highest BCUT2D eigenvalue weighted by Gasteiger charge is 2.27. The molecule has 0 aromatic heterocycles. The Morgan fingerprint density at radius 1 is 1.44 bits per heavy atom. The monoisotopic (exact) mass is 251 g/mol. The van der Waals surface area contributed by atoms with Crippen LogP contribution in [0.5, 0.6) is 5.75 Å². The second-order valence-electron chi connectivity index (χ2n) is 5.04. The summed E-state index contributed by atoms with van der Waals surface area (Å²) in [6, 6.07) is 7.70. The van der Waals surface area contributed by atoms with E-state index in [9.17, 15) is 4.79 Å². The van der Waals surface area contributed by atoms with E-state index in [2.05, 4.69) is 5.43 Å². The van der Waals surface area contributed by atoms with Gasteiger partial charge in [0, 0.05) is 25.8 Å². The molecule has 0 heterocycles. The van der Waals surface area contributed by atoms with Crippen LogP contribution in [0.4, 0.5) is 5.69 Å². The molecule has 0 unspecified atom stereocenters. The summed E-state index contributed by atoms with van der Waals surface area (Å²) < 4.78 is 5.64. The summed E-state index contributed by atoms with van der Waals surface area (Å²) in [4.78, 5) is 13.5. The van der Waals surface area contributed by atoms with Gasteiger partial charge in [0.2, 0.25) is 5.91 Å². The summed E-state index contributed by atoms with van der Waals surface area (Å²) in [6.07, 6.45) is 0. The molecular formula is C13H21N3O2. The van der Waals surface area contributed by atoms with Gasteiger partial charge in [-0.2, -0.15) is 0 Å². The lowest BCUT2D eigenvalue weighted by atomic mass is 9.94. The molecule has 0 aliphatic rings. The van der Waals surface area contributed by atoms with Gasteiger partial charge in [0.15, 0.2) is 0 Å². The summed E-state index contributed by atoms with van der Waals surface area (Å²) in [5.41, 5.74) is 2.53. The quantitative estimate of drug-likeness (QED) is 0.468. The molecule has 1 rings (SSSR count). The van der Waals surface area contributed by atoms with Gasteiger partial charge in [0.25, 0.3) is 0 Å². The number of hydrogen-bond donors (Lipinski definition) is 2. The van der Waals surface area contributed by atoms with E-state index >= 15 is 0 Å². The lowest BCUT2D eigenvalue weighted by Gasteiger charge is -2.23. The van der Waals surface area contributed by atoms with Gasteiger partial charge in [-0.25, -0.2) is 5.84 Å². The molecule has 0 saturated carbocycles. The minimum atomic E-state index is -0.664. The number of amides is 1. The summed E-state index contributed by atoms with van der Waals surface area (Å²) in [6.45, 7) is 3.84. The summed E-state index contributed by atoms with van der Waals surface area (Å²) in [5, 5.41) is 0. The number of carbonyl (C=O) groups is 1. The molecule has 100 valence electrons. The van der Waals surface area contributed by atoms with Crippen LogP contribution in [-0.2, 0) is 4.79 Å². The molecule has 3 N–H and O–H groups in total. The fourth-order valence-corrected chi connectivity index (χ4v) is 1.38. The van der Waals surface area contributed by atoms with Gasteiger partial charge in [-0.3, -0.25) is 10.2 Å². The standard InChI is InChI=1S/C13H21N3O2/c1-13(2,12(17)15-14)9-18-11-7-5-6-10(8-11)16(3)4/h5-8H,9,14H2,1-4H3,(H,15,17). The van der Waals surface area contributed by atoms with Crippen LogP contribution in [-0.4, -0.2) is 26.6 Å². The molecular weight excluding hydrogens is 230 g/mol. The Labute approximate surface area is 108 Å². The number of hydrogen-bond acceptors (Lipinski definition) is 4. The van der Waals surface area contributed by atoms with Gasteiger partial charge in [-0.1, -0.05) is 6.07 Å². The van der Waals surface area contributed by atoms with Crippen molar-refractivity contribution < 1.29 is 9.53 Å². The molecule has 0 radical (unpaired) electrons. The van der Waals surface area contributed by atoms with Crippen LogP contribution in [0.2, 0.25) is 0 Å². The molecule has 0 fully saturated rings. The van der Waals surface area contributed by atoms with E-state index in [1.54, 1.807) is 13.8 Å². The Balaban J connectivity index is 2.69. The summed E-state index contributed by atoms with van der Waals surface area (Å²) >= 11 is 0. The molecule has 0 atom stereocenters. The Morgan fingerprint density at radius 2 is 2.11 bits per heavy atom. The molecule has 1 aromatic rings. The predicted octanol–water partition coefficient (Wildman–Crippen LogP) is 1.15. The number of anilines is 1. The molecule has 0 aliphatic carbocycles. The maximum atomic E-state index is 11.5. The molecule has 1 aromatic carbocycles. The molecule has 0 bridgehead atoms. The number of nitrogens with one attached hydrogen (secondary N) is 1. The fraction of sp³-hybridized carbons (Fsp3) is 0.462. The second kappa shape index (κ2) is 5.73. The minimum absolute atomic E-state index is 0.244. The average molecular weight is 251 g/mol. The van der Waals surface area contributed by atoms with Crippen molar-refractivity contribution in [3.05, 3.63) is 24.3 Å². The van der Waals surface area contributed by atoms with Gasteiger partial charge in [-0.15, -0.1) is 0 Å². The van der Waals surface area contributed by atoms with Gasteiger partial charge >= 0.3 is 0 Å². The lowest BCUT2D eigenvalue weighted by Crippen LogP contribution is -2.44. The average Bonchev–Trinajstić information content (AvgIpc) is 2.35. The molecule has 0 spiro atoms. The molecule has 5 heteroatoms. The van der Waals surface area contributed by atoms with E-state index in [0.29, 0.717) is 0 Å². The van der Waals surface area contributed by atoms with Crippen molar-refractivity contribution in [2.75, 3.05) is 25.6 Å². The van der Waals surface area contributed by atoms with E-state index in [0.717, 1.165) is 11.4 Å². The SMILES string of the molecule is CN(C)c1cccc(OCC(C)(C)C(=O)NN)c1. The van der Waals surface area contributed by atoms with Crippen molar-refractivity contribution in [1.82, 2.24) is 5.43 Å². The van der Waals surface area contributed by atoms with Crippen LogP contribution in [0.3, 0.4) is 0 Å². The highest BCUT2D eigenvalue weighted by atomic mass is 16.5. The number of rotatable bonds is 5. The van der Waals surface area contributed by atoms with Gasteiger partial charge in [-0.05, 0) is 26.0 Å². The molecule has 1 amide bonds. The zero-order valence-corrected chi connectivity index (χ0v) is 11.4. The largest absolute Gasteiger partial charge is 0.492 e. The first-order valence-electron chi connectivity index (χ1n) is 5.78. The summed E-state index contributed by atoms with van der Waals surface area (Å²) in [7, 11) is 3.93. The van der Waals surface area contributed by atoms with Crippen molar-refractivity contribution in [3.8, 4) is 5.75 Å². The highest BCUT2D eigenvalue weighted by Crippen LogP contribution is 2.22. The van der Waals surface area contributed by atoms with Crippen molar-refractivity contribution >= 4 is 11.6 Å². The Bertz CT molecular complexity index is 416. The second-order valence-corrected chi connectivity index (χ2v) is 5.04. The zero-order chi connectivity index (χ0) is 13.8. The van der Waals surface area contributed by atoms with Crippen LogP contribution in [0, 0.1) is 5.41 Å². The van der Waals surface area contributed by atoms with Crippen LogP contribution in [0.15, 0.2) is 24.3 Å². The number of nitrogens with zero attached hydrogens (tertiary/aromatic N) is 1. The van der Waals surface area contributed by atoms with E-state index in [1.165, 1.54) is 0 Å². The maximum Gasteiger partial charge on any atom is 0.242 e. The molecule has 0 saturated heterocycles. The predicted molar refractivity (Wildman–Crippen MR) is 72.4 cm³/mol. The first-order chi connectivity index (χ1) is 8.36. The smallest absolute Gasteiger partial charge is 0.242 e. The topological polar surface area (TPSA) is 67.6 Å². The number of ether oxygens (including phenoxy) is 1. The van der Waals surface area contributed by atoms with E-state index < -0.39 is 5.41 Å². The van der Waals surface area contributed by atoms with Gasteiger partial charge in [0.1, 0.15) is 12.4 Å². The lowest BCUT2D eigenvalue weighted by molar-refractivity contribution is -0.130. The first-order valence-corrected chi connectivity index (χ1v) is 5.78. The normalized spacial score (nSPS) is 10.9. The number of nitrogens with two attached hydrogens (primary N) is 1. The fourth-order valence-electron chi connectivity index (χ4n) is 1.38. The van der Waals surface area contributed by atoms with Crippen LogP contribution in [0.25, 0.3) is 0 Å². The molecule has 18 heavy (non-hydrogen) atoms.